The van der Waals surface area contributed by atoms with Gasteiger partial charge in [-0.1, -0.05) is 50.8 Å². The Morgan fingerprint density at radius 2 is 2.06 bits per heavy atom. The van der Waals surface area contributed by atoms with Gasteiger partial charge >= 0.3 is 15.3 Å². The fourth-order valence-corrected chi connectivity index (χ4v) is 2.68. The second kappa shape index (κ2) is 7.03. The van der Waals surface area contributed by atoms with Crippen LogP contribution in [0.3, 0.4) is 0 Å². The monoisotopic (exact) mass is 250 g/mol. The largest absolute Gasteiger partial charge is 0.493 e. The van der Waals surface area contributed by atoms with Crippen molar-refractivity contribution in [2.24, 2.45) is 0 Å². The highest BCUT2D eigenvalue weighted by molar-refractivity contribution is 6.48. The minimum atomic E-state index is -1.97. The summed E-state index contributed by atoms with van der Waals surface area (Å²) < 4.78 is 11.0. The maximum absolute atomic E-state index is 11.2. The SMILES string of the molecule is C=CC(=O)O[SiH](OCc1ccccc1)C(C)C. The number of rotatable bonds is 6. The fraction of sp³-hybridized carbons (Fsp3) is 0.308. The minimum absolute atomic E-state index is 0.239. The Bertz CT molecular complexity index is 362. The second-order valence-corrected chi connectivity index (χ2v) is 6.69. The van der Waals surface area contributed by atoms with Gasteiger partial charge in [0.05, 0.1) is 6.61 Å². The van der Waals surface area contributed by atoms with Gasteiger partial charge in [-0.15, -0.1) is 0 Å². The normalized spacial score (nSPS) is 12.2. The van der Waals surface area contributed by atoms with Gasteiger partial charge in [-0.25, -0.2) is 4.79 Å². The van der Waals surface area contributed by atoms with Crippen LogP contribution >= 0.6 is 0 Å². The zero-order chi connectivity index (χ0) is 12.7. The summed E-state index contributed by atoms with van der Waals surface area (Å²) in [6.07, 6.45) is 1.17. The first-order chi connectivity index (χ1) is 8.13. The molecule has 0 saturated carbocycles. The molecule has 3 nitrogen and oxygen atoms in total. The van der Waals surface area contributed by atoms with E-state index in [9.17, 15) is 4.79 Å². The molecule has 0 N–H and O–H groups in total. The van der Waals surface area contributed by atoms with Crippen LogP contribution in [-0.2, 0) is 20.3 Å². The molecule has 0 aliphatic rings. The molecule has 0 spiro atoms. The van der Waals surface area contributed by atoms with Gasteiger partial charge < -0.3 is 8.85 Å². The van der Waals surface area contributed by atoms with Crippen molar-refractivity contribution < 1.29 is 13.6 Å². The molecule has 0 saturated heterocycles. The molecule has 17 heavy (non-hydrogen) atoms. The van der Waals surface area contributed by atoms with Crippen LogP contribution in [0.15, 0.2) is 43.0 Å². The summed E-state index contributed by atoms with van der Waals surface area (Å²) in [5.74, 6) is -0.400. The summed E-state index contributed by atoms with van der Waals surface area (Å²) in [5, 5.41) is 0. The van der Waals surface area contributed by atoms with Crippen LogP contribution in [0, 0.1) is 0 Å². The molecule has 0 amide bonds. The van der Waals surface area contributed by atoms with Gasteiger partial charge in [0.1, 0.15) is 0 Å². The van der Waals surface area contributed by atoms with Gasteiger partial charge in [0, 0.05) is 11.6 Å². The molecule has 0 fully saturated rings. The molecule has 0 heterocycles. The number of hydrogen-bond donors (Lipinski definition) is 0. The average molecular weight is 250 g/mol. The highest BCUT2D eigenvalue weighted by Crippen LogP contribution is 2.13. The molecule has 0 aliphatic carbocycles. The zero-order valence-electron chi connectivity index (χ0n) is 10.3. The van der Waals surface area contributed by atoms with Crippen LogP contribution in [0.1, 0.15) is 19.4 Å². The highest BCUT2D eigenvalue weighted by atomic mass is 28.3. The second-order valence-electron chi connectivity index (χ2n) is 4.05. The predicted molar refractivity (Wildman–Crippen MR) is 69.8 cm³/mol. The van der Waals surface area contributed by atoms with Crippen molar-refractivity contribution in [3.63, 3.8) is 0 Å². The Balaban J connectivity index is 2.50. The van der Waals surface area contributed by atoms with Crippen LogP contribution in [-0.4, -0.2) is 15.3 Å². The Morgan fingerprint density at radius 3 is 2.59 bits per heavy atom. The number of carbonyl (C=O) groups excluding carboxylic acids is 1. The van der Waals surface area contributed by atoms with Gasteiger partial charge in [-0.05, 0) is 5.56 Å². The lowest BCUT2D eigenvalue weighted by Crippen LogP contribution is -2.28. The third kappa shape index (κ3) is 4.97. The molecule has 0 radical (unpaired) electrons. The van der Waals surface area contributed by atoms with E-state index in [1.165, 1.54) is 6.08 Å². The molecule has 1 aromatic carbocycles. The lowest BCUT2D eigenvalue weighted by molar-refractivity contribution is -0.130. The third-order valence-electron chi connectivity index (χ3n) is 2.20. The van der Waals surface area contributed by atoms with Crippen molar-refractivity contribution in [2.75, 3.05) is 0 Å². The van der Waals surface area contributed by atoms with Crippen molar-refractivity contribution in [2.45, 2.75) is 26.0 Å². The fourth-order valence-electron chi connectivity index (χ4n) is 1.28. The Morgan fingerprint density at radius 1 is 1.41 bits per heavy atom. The number of carbonyl (C=O) groups is 1. The molecule has 4 heteroatoms. The molecular weight excluding hydrogens is 232 g/mol. The molecule has 92 valence electrons. The summed E-state index contributed by atoms with van der Waals surface area (Å²) in [6, 6.07) is 9.85. The van der Waals surface area contributed by atoms with E-state index in [0.29, 0.717) is 6.61 Å². The number of benzene rings is 1. The van der Waals surface area contributed by atoms with Gasteiger partial charge in [0.2, 0.25) is 0 Å². The van der Waals surface area contributed by atoms with Crippen LogP contribution < -0.4 is 0 Å². The summed E-state index contributed by atoms with van der Waals surface area (Å²) in [7, 11) is -1.97. The smallest absolute Gasteiger partial charge is 0.388 e. The van der Waals surface area contributed by atoms with Gasteiger partial charge in [-0.2, -0.15) is 0 Å². The van der Waals surface area contributed by atoms with E-state index in [1.807, 2.05) is 44.2 Å². The maximum Gasteiger partial charge on any atom is 0.388 e. The minimum Gasteiger partial charge on any atom is -0.493 e. The summed E-state index contributed by atoms with van der Waals surface area (Å²) in [5.41, 5.74) is 1.32. The molecule has 1 rings (SSSR count). The van der Waals surface area contributed by atoms with E-state index in [-0.39, 0.29) is 5.54 Å². The van der Waals surface area contributed by atoms with Crippen molar-refractivity contribution in [1.82, 2.24) is 0 Å². The van der Waals surface area contributed by atoms with Gasteiger partial charge in [0.25, 0.3) is 0 Å². The summed E-state index contributed by atoms with van der Waals surface area (Å²) >= 11 is 0. The van der Waals surface area contributed by atoms with Crippen molar-refractivity contribution in [1.29, 1.82) is 0 Å². The van der Waals surface area contributed by atoms with Crippen LogP contribution in [0.4, 0.5) is 0 Å². The summed E-state index contributed by atoms with van der Waals surface area (Å²) in [6.45, 7) is 7.87. The Hall–Kier alpha value is -1.39. The standard InChI is InChI=1S/C13H18O3Si/c1-4-13(14)16-17(11(2)3)15-10-12-8-6-5-7-9-12/h4-9,11,17H,1,10H2,2-3H3. The van der Waals surface area contributed by atoms with Gasteiger partial charge in [-0.3, -0.25) is 0 Å². The average Bonchev–Trinajstić information content (AvgIpc) is 2.35. The topological polar surface area (TPSA) is 35.5 Å². The Labute approximate surface area is 104 Å². The van der Waals surface area contributed by atoms with Crippen molar-refractivity contribution >= 4 is 15.3 Å². The quantitative estimate of drug-likeness (QED) is 0.575. The molecule has 0 aliphatic heterocycles. The molecule has 0 aromatic heterocycles. The molecule has 1 atom stereocenters. The zero-order valence-corrected chi connectivity index (χ0v) is 11.4. The lowest BCUT2D eigenvalue weighted by Gasteiger charge is -2.18. The molecular formula is C13H18O3Si. The van der Waals surface area contributed by atoms with E-state index < -0.39 is 15.3 Å². The molecule has 1 unspecified atom stereocenters. The Kier molecular flexibility index (Phi) is 5.66. The van der Waals surface area contributed by atoms with Crippen molar-refractivity contribution in [3.05, 3.63) is 48.6 Å². The first-order valence-corrected chi connectivity index (χ1v) is 7.23. The van der Waals surface area contributed by atoms with E-state index in [2.05, 4.69) is 6.58 Å². The lowest BCUT2D eigenvalue weighted by atomic mass is 10.2. The molecule has 0 bridgehead atoms. The molecule has 1 aromatic rings. The highest BCUT2D eigenvalue weighted by Gasteiger charge is 2.21. The van der Waals surface area contributed by atoms with Crippen LogP contribution in [0.5, 0.6) is 0 Å². The van der Waals surface area contributed by atoms with Gasteiger partial charge in [0.15, 0.2) is 0 Å². The third-order valence-corrected chi connectivity index (χ3v) is 4.25. The first kappa shape index (κ1) is 13.7. The van der Waals surface area contributed by atoms with E-state index in [1.54, 1.807) is 0 Å². The number of hydrogen-bond acceptors (Lipinski definition) is 3. The van der Waals surface area contributed by atoms with Crippen LogP contribution in [0.2, 0.25) is 5.54 Å². The summed E-state index contributed by atoms with van der Waals surface area (Å²) in [4.78, 5) is 11.2. The van der Waals surface area contributed by atoms with E-state index >= 15 is 0 Å². The predicted octanol–water partition coefficient (Wildman–Crippen LogP) is 2.56. The van der Waals surface area contributed by atoms with Crippen LogP contribution in [0.25, 0.3) is 0 Å². The van der Waals surface area contributed by atoms with E-state index in [0.717, 1.165) is 5.56 Å². The van der Waals surface area contributed by atoms with E-state index in [4.69, 9.17) is 8.85 Å². The first-order valence-electron chi connectivity index (χ1n) is 5.62. The maximum atomic E-state index is 11.2. The van der Waals surface area contributed by atoms with Crippen molar-refractivity contribution in [3.8, 4) is 0 Å².